The summed E-state index contributed by atoms with van der Waals surface area (Å²) in [4.78, 5) is 15.2. The second kappa shape index (κ2) is 7.00. The zero-order chi connectivity index (χ0) is 19.3. The van der Waals surface area contributed by atoms with Crippen molar-refractivity contribution in [1.82, 2.24) is 9.80 Å². The highest BCUT2D eigenvalue weighted by atomic mass is 79.9. The van der Waals surface area contributed by atoms with E-state index >= 15 is 4.39 Å². The van der Waals surface area contributed by atoms with Crippen LogP contribution in [-0.2, 0) is 16.1 Å². The van der Waals surface area contributed by atoms with E-state index < -0.39 is 34.8 Å². The van der Waals surface area contributed by atoms with E-state index in [-0.39, 0.29) is 42.7 Å². The smallest absolute Gasteiger partial charge is 0.248 e. The lowest BCUT2D eigenvalue weighted by molar-refractivity contribution is -0.189. The molecule has 1 aliphatic carbocycles. The lowest BCUT2D eigenvalue weighted by Crippen LogP contribution is -2.64. The lowest BCUT2D eigenvalue weighted by Gasteiger charge is -2.49. The predicted octanol–water partition coefficient (Wildman–Crippen LogP) is 3.17. The van der Waals surface area contributed by atoms with Crippen LogP contribution in [-0.4, -0.2) is 59.8 Å². The molecule has 2 aliphatic heterocycles. The molecule has 0 aromatic heterocycles. The lowest BCUT2D eigenvalue weighted by atomic mass is 9.87. The van der Waals surface area contributed by atoms with Crippen LogP contribution in [0.15, 0.2) is 10.5 Å². The average Bonchev–Trinajstić information content (AvgIpc) is 3.47. The molecule has 3 aliphatic rings. The Bertz CT molecular complexity index is 776. The van der Waals surface area contributed by atoms with Crippen molar-refractivity contribution in [2.45, 2.75) is 43.6 Å². The number of benzene rings is 1. The van der Waals surface area contributed by atoms with Gasteiger partial charge < -0.3 is 9.64 Å². The molecule has 1 aromatic carbocycles. The molecule has 0 bridgehead atoms. The normalized spacial score (nSPS) is 29.6. The van der Waals surface area contributed by atoms with Crippen LogP contribution in [0.3, 0.4) is 0 Å². The highest BCUT2D eigenvalue weighted by Crippen LogP contribution is 2.38. The topological polar surface area (TPSA) is 32.8 Å². The molecule has 148 valence electrons. The van der Waals surface area contributed by atoms with Gasteiger partial charge in [0, 0.05) is 31.2 Å². The number of halogens is 5. The van der Waals surface area contributed by atoms with Gasteiger partial charge >= 0.3 is 0 Å². The largest absolute Gasteiger partial charge is 0.360 e. The van der Waals surface area contributed by atoms with Gasteiger partial charge in [0.2, 0.25) is 5.91 Å². The number of piperidine rings is 1. The molecule has 1 saturated carbocycles. The van der Waals surface area contributed by atoms with Gasteiger partial charge in [0.15, 0.2) is 11.6 Å². The van der Waals surface area contributed by atoms with E-state index in [2.05, 4.69) is 15.9 Å². The van der Waals surface area contributed by atoms with Crippen LogP contribution >= 0.6 is 15.9 Å². The summed E-state index contributed by atoms with van der Waals surface area (Å²) in [7, 11) is 0. The molecule has 9 heteroatoms. The minimum atomic E-state index is -1.41. The number of likely N-dealkylation sites (tertiary alicyclic amines) is 1. The molecule has 1 spiro atoms. The minimum Gasteiger partial charge on any atom is -0.360 e. The number of ether oxygens (including phenoxy) is 1. The predicted molar refractivity (Wildman–Crippen MR) is 92.2 cm³/mol. The van der Waals surface area contributed by atoms with Crippen LogP contribution < -0.4 is 0 Å². The van der Waals surface area contributed by atoms with Gasteiger partial charge in [-0.3, -0.25) is 9.69 Å². The first-order valence-electron chi connectivity index (χ1n) is 8.92. The molecule has 1 aromatic rings. The Kier molecular flexibility index (Phi) is 4.97. The van der Waals surface area contributed by atoms with Crippen molar-refractivity contribution < 1.29 is 27.1 Å². The van der Waals surface area contributed by atoms with E-state index in [0.29, 0.717) is 13.0 Å². The third kappa shape index (κ3) is 3.49. The van der Waals surface area contributed by atoms with E-state index in [1.54, 1.807) is 9.80 Å². The summed E-state index contributed by atoms with van der Waals surface area (Å²) in [5.74, 6) is -3.43. The Labute approximate surface area is 162 Å². The Morgan fingerprint density at radius 2 is 2.00 bits per heavy atom. The maximum atomic E-state index is 15.0. The van der Waals surface area contributed by atoms with E-state index in [9.17, 15) is 18.0 Å². The molecule has 3 fully saturated rings. The third-order valence-electron chi connectivity index (χ3n) is 5.66. The molecule has 4 rings (SSSR count). The second-order valence-electron chi connectivity index (χ2n) is 7.51. The molecule has 2 heterocycles. The van der Waals surface area contributed by atoms with Gasteiger partial charge in [-0.2, -0.15) is 0 Å². The van der Waals surface area contributed by atoms with Gasteiger partial charge in [0.1, 0.15) is 24.2 Å². The maximum Gasteiger partial charge on any atom is 0.248 e. The molecule has 2 atom stereocenters. The van der Waals surface area contributed by atoms with Crippen LogP contribution in [0.4, 0.5) is 17.6 Å². The van der Waals surface area contributed by atoms with Crippen LogP contribution in [0.5, 0.6) is 0 Å². The van der Waals surface area contributed by atoms with Crippen LogP contribution in [0, 0.1) is 17.5 Å². The fourth-order valence-electron chi connectivity index (χ4n) is 3.87. The number of hydrogen-bond donors (Lipinski definition) is 0. The summed E-state index contributed by atoms with van der Waals surface area (Å²) in [5, 5.41) is 0. The second-order valence-corrected chi connectivity index (χ2v) is 8.36. The summed E-state index contributed by atoms with van der Waals surface area (Å²) in [6, 6.07) is 1.05. The quantitative estimate of drug-likeness (QED) is 0.402. The summed E-state index contributed by atoms with van der Waals surface area (Å²) in [6.07, 6.45) is 0.747. The van der Waals surface area contributed by atoms with E-state index in [0.717, 1.165) is 18.9 Å². The number of morpholine rings is 1. The third-order valence-corrected chi connectivity index (χ3v) is 6.24. The highest BCUT2D eigenvalue weighted by molar-refractivity contribution is 9.10. The number of alkyl halides is 1. The molecule has 1 amide bonds. The fraction of sp³-hybridized carbons (Fsp3) is 0.611. The molecule has 2 saturated heterocycles. The zero-order valence-electron chi connectivity index (χ0n) is 14.5. The molecular weight excluding hydrogens is 432 g/mol. The molecule has 0 radical (unpaired) electrons. The van der Waals surface area contributed by atoms with E-state index in [1.807, 2.05) is 0 Å². The van der Waals surface area contributed by atoms with Crippen molar-refractivity contribution in [3.8, 4) is 0 Å². The number of rotatable bonds is 3. The van der Waals surface area contributed by atoms with E-state index in [1.165, 1.54) is 0 Å². The molecular formula is C18H19BrF4N2O2. The highest BCUT2D eigenvalue weighted by Gasteiger charge is 2.51. The number of hydrogen-bond acceptors (Lipinski definition) is 3. The summed E-state index contributed by atoms with van der Waals surface area (Å²) >= 11 is 2.76. The Morgan fingerprint density at radius 3 is 2.67 bits per heavy atom. The van der Waals surface area contributed by atoms with Crippen LogP contribution in [0.1, 0.15) is 24.8 Å². The minimum absolute atomic E-state index is 0.0940. The van der Waals surface area contributed by atoms with Gasteiger partial charge in [0.25, 0.3) is 0 Å². The summed E-state index contributed by atoms with van der Waals surface area (Å²) in [6.45, 7) is 0.0792. The van der Waals surface area contributed by atoms with Crippen molar-refractivity contribution in [3.63, 3.8) is 0 Å². The van der Waals surface area contributed by atoms with Gasteiger partial charge in [-0.05, 0) is 41.3 Å². The zero-order valence-corrected chi connectivity index (χ0v) is 16.1. The fourth-order valence-corrected chi connectivity index (χ4v) is 4.25. The van der Waals surface area contributed by atoms with Crippen molar-refractivity contribution in [2.24, 2.45) is 0 Å². The maximum absolute atomic E-state index is 15.0. The first kappa shape index (κ1) is 19.1. The van der Waals surface area contributed by atoms with Crippen molar-refractivity contribution >= 4 is 21.8 Å². The van der Waals surface area contributed by atoms with Crippen molar-refractivity contribution in [3.05, 3.63) is 33.6 Å². The molecule has 2 unspecified atom stereocenters. The van der Waals surface area contributed by atoms with Crippen LogP contribution in [0.25, 0.3) is 0 Å². The number of carbonyl (C=O) groups excluding carboxylic acids is 1. The molecule has 0 N–H and O–H groups in total. The first-order chi connectivity index (χ1) is 12.8. The van der Waals surface area contributed by atoms with Crippen molar-refractivity contribution in [2.75, 3.05) is 26.2 Å². The Balaban J connectivity index is 1.46. The van der Waals surface area contributed by atoms with Gasteiger partial charge in [-0.15, -0.1) is 0 Å². The van der Waals surface area contributed by atoms with Crippen LogP contribution in [0.2, 0.25) is 0 Å². The number of nitrogens with zero attached hydrogens (tertiary/aromatic N) is 2. The van der Waals surface area contributed by atoms with Gasteiger partial charge in [0.05, 0.1) is 11.0 Å². The first-order valence-corrected chi connectivity index (χ1v) is 9.72. The average molecular weight is 451 g/mol. The molecule has 4 nitrogen and oxygen atoms in total. The number of carbonyl (C=O) groups is 1. The van der Waals surface area contributed by atoms with E-state index in [4.69, 9.17) is 4.74 Å². The monoisotopic (exact) mass is 450 g/mol. The van der Waals surface area contributed by atoms with Crippen molar-refractivity contribution in [1.29, 1.82) is 0 Å². The summed E-state index contributed by atoms with van der Waals surface area (Å²) < 4.78 is 62.2. The molecule has 27 heavy (non-hydrogen) atoms. The Morgan fingerprint density at radius 1 is 1.26 bits per heavy atom. The van der Waals surface area contributed by atoms with Gasteiger partial charge in [-0.25, -0.2) is 17.6 Å². The standard InChI is InChI=1S/C18H19BrF4N2O2/c19-12-5-13(20)11(16(22)17(12)23)6-24-4-3-18(14(21)7-24)9-25(10-1-2-10)15(26)8-27-18/h5,10,14H,1-4,6-9H2. The Hall–Kier alpha value is -1.19. The summed E-state index contributed by atoms with van der Waals surface area (Å²) in [5.41, 5.74) is -1.49. The SMILES string of the molecule is O=C1COC2(CCN(Cc3c(F)cc(Br)c(F)c3F)CC2F)CN1C1CC1. The van der Waals surface area contributed by atoms with Gasteiger partial charge in [-0.1, -0.05) is 0 Å². The number of amides is 1.